The van der Waals surface area contributed by atoms with E-state index in [0.29, 0.717) is 34.7 Å². The second-order valence-corrected chi connectivity index (χ2v) is 4.86. The van der Waals surface area contributed by atoms with Crippen LogP contribution in [0.4, 0.5) is 5.82 Å². The molecule has 0 bridgehead atoms. The predicted octanol–water partition coefficient (Wildman–Crippen LogP) is 1.87. The molecule has 0 atom stereocenters. The summed E-state index contributed by atoms with van der Waals surface area (Å²) in [5.41, 5.74) is 1.31. The third-order valence-electron chi connectivity index (χ3n) is 2.64. The van der Waals surface area contributed by atoms with E-state index in [1.54, 1.807) is 17.0 Å². The lowest BCUT2D eigenvalue weighted by Gasteiger charge is -2.27. The van der Waals surface area contributed by atoms with Gasteiger partial charge in [0.25, 0.3) is 0 Å². The summed E-state index contributed by atoms with van der Waals surface area (Å²) in [6.45, 7) is 3.24. The van der Waals surface area contributed by atoms with E-state index in [1.807, 2.05) is 0 Å². The first-order chi connectivity index (χ1) is 8.99. The predicted molar refractivity (Wildman–Crippen MR) is 72.9 cm³/mol. The molecule has 100 valence electrons. The van der Waals surface area contributed by atoms with E-state index in [2.05, 4.69) is 30.9 Å². The molecule has 1 aliphatic heterocycles. The molecular formula is C12H12BrN3O3. The van der Waals surface area contributed by atoms with Crippen LogP contribution in [-0.2, 0) is 14.4 Å². The van der Waals surface area contributed by atoms with Crippen molar-refractivity contribution in [1.82, 2.24) is 4.98 Å². The summed E-state index contributed by atoms with van der Waals surface area (Å²) in [6.07, 6.45) is 0.517. The summed E-state index contributed by atoms with van der Waals surface area (Å²) in [4.78, 5) is 32.9. The van der Waals surface area contributed by atoms with Crippen molar-refractivity contribution in [2.24, 2.45) is 5.16 Å². The maximum absolute atomic E-state index is 11.6. The largest absolute Gasteiger partial charge is 0.331 e. The minimum Gasteiger partial charge on any atom is -0.318 e. The SMILES string of the molecule is CC(=O)O/N=C1\CCN(C(C)=O)c2nc(Br)ccc21. The number of hydrogen-bond donors (Lipinski definition) is 0. The molecule has 0 aromatic carbocycles. The molecule has 1 aromatic heterocycles. The van der Waals surface area contributed by atoms with E-state index in [9.17, 15) is 9.59 Å². The molecule has 0 aliphatic carbocycles. The van der Waals surface area contributed by atoms with E-state index in [4.69, 9.17) is 0 Å². The Morgan fingerprint density at radius 1 is 1.42 bits per heavy atom. The summed E-state index contributed by atoms with van der Waals surface area (Å²) in [7, 11) is 0. The number of anilines is 1. The Morgan fingerprint density at radius 3 is 2.79 bits per heavy atom. The van der Waals surface area contributed by atoms with Gasteiger partial charge in [0, 0.05) is 32.4 Å². The van der Waals surface area contributed by atoms with E-state index < -0.39 is 5.97 Å². The molecule has 6 nitrogen and oxygen atoms in total. The van der Waals surface area contributed by atoms with Crippen LogP contribution in [0.1, 0.15) is 25.8 Å². The Morgan fingerprint density at radius 2 is 2.16 bits per heavy atom. The van der Waals surface area contributed by atoms with Crippen LogP contribution < -0.4 is 4.90 Å². The van der Waals surface area contributed by atoms with Crippen molar-refractivity contribution in [2.45, 2.75) is 20.3 Å². The Balaban J connectivity index is 2.45. The first-order valence-corrected chi connectivity index (χ1v) is 6.48. The van der Waals surface area contributed by atoms with Crippen LogP contribution in [0.3, 0.4) is 0 Å². The molecule has 0 saturated heterocycles. The van der Waals surface area contributed by atoms with Crippen LogP contribution in [0.15, 0.2) is 21.9 Å². The van der Waals surface area contributed by atoms with Gasteiger partial charge in [-0.05, 0) is 28.1 Å². The third-order valence-corrected chi connectivity index (χ3v) is 3.09. The van der Waals surface area contributed by atoms with Gasteiger partial charge in [0.05, 0.1) is 5.71 Å². The van der Waals surface area contributed by atoms with Gasteiger partial charge in [-0.2, -0.15) is 0 Å². The lowest BCUT2D eigenvalue weighted by molar-refractivity contribution is -0.141. The van der Waals surface area contributed by atoms with Crippen molar-refractivity contribution >= 4 is 39.3 Å². The van der Waals surface area contributed by atoms with Gasteiger partial charge < -0.3 is 4.84 Å². The number of nitrogens with zero attached hydrogens (tertiary/aromatic N) is 3. The molecule has 0 fully saturated rings. The first-order valence-electron chi connectivity index (χ1n) is 5.68. The zero-order chi connectivity index (χ0) is 14.0. The zero-order valence-corrected chi connectivity index (χ0v) is 12.1. The Hall–Kier alpha value is -1.76. The molecule has 0 radical (unpaired) electrons. The number of rotatable bonds is 1. The number of fused-ring (bicyclic) bond motifs is 1. The fraction of sp³-hybridized carbons (Fsp3) is 0.333. The van der Waals surface area contributed by atoms with E-state index in [-0.39, 0.29) is 5.91 Å². The van der Waals surface area contributed by atoms with Gasteiger partial charge >= 0.3 is 5.97 Å². The minimum absolute atomic E-state index is 0.0848. The molecule has 1 aliphatic rings. The minimum atomic E-state index is -0.479. The van der Waals surface area contributed by atoms with Gasteiger partial charge in [0.2, 0.25) is 5.91 Å². The Kier molecular flexibility index (Phi) is 3.94. The van der Waals surface area contributed by atoms with E-state index in [1.165, 1.54) is 13.8 Å². The number of aromatic nitrogens is 1. The van der Waals surface area contributed by atoms with Crippen molar-refractivity contribution in [3.63, 3.8) is 0 Å². The van der Waals surface area contributed by atoms with Gasteiger partial charge in [-0.1, -0.05) is 5.16 Å². The standard InChI is InChI=1S/C12H12BrN3O3/c1-7(17)16-6-5-10(15-19-8(2)18)9-3-4-11(13)14-12(9)16/h3-4H,5-6H2,1-2H3/b15-10+. The Labute approximate surface area is 118 Å². The molecule has 1 aromatic rings. The van der Waals surface area contributed by atoms with Crippen molar-refractivity contribution in [3.05, 3.63) is 22.3 Å². The van der Waals surface area contributed by atoms with Gasteiger partial charge in [-0.15, -0.1) is 0 Å². The van der Waals surface area contributed by atoms with Crippen LogP contribution in [0.5, 0.6) is 0 Å². The normalized spacial score (nSPS) is 16.2. The van der Waals surface area contributed by atoms with Crippen molar-refractivity contribution in [1.29, 1.82) is 0 Å². The number of halogens is 1. The van der Waals surface area contributed by atoms with Crippen molar-refractivity contribution in [2.75, 3.05) is 11.4 Å². The van der Waals surface area contributed by atoms with Crippen LogP contribution in [-0.4, -0.2) is 29.1 Å². The number of amides is 1. The maximum Gasteiger partial charge on any atom is 0.331 e. The zero-order valence-electron chi connectivity index (χ0n) is 10.5. The first kappa shape index (κ1) is 13.7. The topological polar surface area (TPSA) is 71.9 Å². The smallest absolute Gasteiger partial charge is 0.318 e. The summed E-state index contributed by atoms with van der Waals surface area (Å²) >= 11 is 3.27. The second-order valence-electron chi connectivity index (χ2n) is 4.05. The van der Waals surface area contributed by atoms with Gasteiger partial charge in [-0.3, -0.25) is 9.69 Å². The summed E-state index contributed by atoms with van der Waals surface area (Å²) in [5, 5.41) is 3.82. The number of oxime groups is 1. The molecule has 19 heavy (non-hydrogen) atoms. The third kappa shape index (κ3) is 2.98. The second kappa shape index (κ2) is 5.48. The number of pyridine rings is 1. The molecule has 0 N–H and O–H groups in total. The highest BCUT2D eigenvalue weighted by Crippen LogP contribution is 2.27. The number of carbonyl (C=O) groups is 2. The molecule has 0 saturated carbocycles. The van der Waals surface area contributed by atoms with E-state index in [0.717, 1.165) is 0 Å². The average molecular weight is 326 g/mol. The molecule has 0 unspecified atom stereocenters. The molecular weight excluding hydrogens is 314 g/mol. The fourth-order valence-electron chi connectivity index (χ4n) is 1.84. The van der Waals surface area contributed by atoms with Crippen LogP contribution in [0, 0.1) is 0 Å². The van der Waals surface area contributed by atoms with Crippen LogP contribution in [0.25, 0.3) is 0 Å². The van der Waals surface area contributed by atoms with Gasteiger partial charge in [0.15, 0.2) is 0 Å². The highest BCUT2D eigenvalue weighted by Gasteiger charge is 2.26. The summed E-state index contributed by atoms with van der Waals surface area (Å²) in [5.74, 6) is -0.0365. The molecule has 2 heterocycles. The summed E-state index contributed by atoms with van der Waals surface area (Å²) < 4.78 is 0.631. The van der Waals surface area contributed by atoms with Crippen molar-refractivity contribution < 1.29 is 14.4 Å². The molecule has 2 rings (SSSR count). The van der Waals surface area contributed by atoms with Crippen LogP contribution >= 0.6 is 15.9 Å². The molecule has 1 amide bonds. The average Bonchev–Trinajstić information content (AvgIpc) is 2.34. The Bertz CT molecular complexity index is 571. The maximum atomic E-state index is 11.6. The van der Waals surface area contributed by atoms with Crippen LogP contribution in [0.2, 0.25) is 0 Å². The lowest BCUT2D eigenvalue weighted by Crippen LogP contribution is -2.37. The highest BCUT2D eigenvalue weighted by atomic mass is 79.9. The summed E-state index contributed by atoms with van der Waals surface area (Å²) in [6, 6.07) is 3.55. The number of carbonyl (C=O) groups excluding carboxylic acids is 2. The lowest BCUT2D eigenvalue weighted by atomic mass is 10.0. The van der Waals surface area contributed by atoms with Crippen molar-refractivity contribution in [3.8, 4) is 0 Å². The van der Waals surface area contributed by atoms with Gasteiger partial charge in [-0.25, -0.2) is 9.78 Å². The molecule has 7 heteroatoms. The highest BCUT2D eigenvalue weighted by molar-refractivity contribution is 9.10. The monoisotopic (exact) mass is 325 g/mol. The number of hydrogen-bond acceptors (Lipinski definition) is 5. The quantitative estimate of drug-likeness (QED) is 0.449. The van der Waals surface area contributed by atoms with E-state index >= 15 is 0 Å². The van der Waals surface area contributed by atoms with Gasteiger partial charge in [0.1, 0.15) is 10.4 Å². The molecule has 0 spiro atoms. The fourth-order valence-corrected chi connectivity index (χ4v) is 2.14.